The summed E-state index contributed by atoms with van der Waals surface area (Å²) in [5.74, 6) is -3.00. The number of nitrogens with one attached hydrogen (secondary N) is 2. The molecule has 26 heavy (non-hydrogen) atoms. The lowest BCUT2D eigenvalue weighted by molar-refractivity contribution is -0.287. The smallest absolute Gasteiger partial charge is 0.363 e. The Kier molecular flexibility index (Phi) is 4.41. The second-order valence-corrected chi connectivity index (χ2v) is 5.83. The van der Waals surface area contributed by atoms with Gasteiger partial charge in [-0.25, -0.2) is 4.79 Å². The maximum atomic E-state index is 13.7. The van der Waals surface area contributed by atoms with Crippen molar-refractivity contribution in [2.24, 2.45) is 5.92 Å². The predicted octanol–water partition coefficient (Wildman–Crippen LogP) is 2.19. The van der Waals surface area contributed by atoms with E-state index in [1.165, 1.54) is 54.1 Å². The van der Waals surface area contributed by atoms with Gasteiger partial charge in [-0.05, 0) is 17.7 Å². The first-order valence-corrected chi connectivity index (χ1v) is 7.61. The Morgan fingerprint density at radius 3 is 2.31 bits per heavy atom. The second kappa shape index (κ2) is 6.41. The molecule has 3 rings (SSSR count). The number of halogens is 3. The molecular formula is C17H14F3N3O3. The minimum Gasteiger partial charge on any atom is -0.363 e. The Hall–Kier alpha value is -2.94. The van der Waals surface area contributed by atoms with Crippen LogP contribution in [0.3, 0.4) is 0 Å². The van der Waals surface area contributed by atoms with Crippen molar-refractivity contribution in [1.82, 2.24) is 15.6 Å². The standard InChI is InChI=1S/C17H14F3N3O3/c18-17(19,20)16(26)12(14(24)11-4-2-1-3-5-11)13(22-15(25)23-16)10-6-8-21-9-7-10/h1-9,12-13,26H,(H2,22,23,25)/t12-,13+,16+/m0/s1. The number of aliphatic hydroxyl groups is 1. The minimum absolute atomic E-state index is 0.0165. The van der Waals surface area contributed by atoms with Gasteiger partial charge in [0.15, 0.2) is 5.78 Å². The van der Waals surface area contributed by atoms with E-state index in [9.17, 15) is 27.9 Å². The predicted molar refractivity (Wildman–Crippen MR) is 83.9 cm³/mol. The van der Waals surface area contributed by atoms with Crippen molar-refractivity contribution in [2.75, 3.05) is 0 Å². The Labute approximate surface area is 146 Å². The summed E-state index contributed by atoms with van der Waals surface area (Å²) in [6, 6.07) is 7.41. The number of urea groups is 1. The van der Waals surface area contributed by atoms with Crippen molar-refractivity contribution < 1.29 is 27.9 Å². The first-order valence-electron chi connectivity index (χ1n) is 7.61. The van der Waals surface area contributed by atoms with E-state index in [-0.39, 0.29) is 11.1 Å². The van der Waals surface area contributed by atoms with Gasteiger partial charge in [0.2, 0.25) is 5.72 Å². The van der Waals surface area contributed by atoms with Crippen LogP contribution < -0.4 is 10.6 Å². The van der Waals surface area contributed by atoms with Crippen molar-refractivity contribution >= 4 is 11.8 Å². The lowest BCUT2D eigenvalue weighted by atomic mass is 9.77. The highest BCUT2D eigenvalue weighted by Crippen LogP contribution is 2.43. The maximum absolute atomic E-state index is 13.7. The van der Waals surface area contributed by atoms with Crippen LogP contribution in [0.5, 0.6) is 0 Å². The lowest BCUT2D eigenvalue weighted by Crippen LogP contribution is -2.72. The second-order valence-electron chi connectivity index (χ2n) is 5.83. The summed E-state index contributed by atoms with van der Waals surface area (Å²) in [4.78, 5) is 28.5. The van der Waals surface area contributed by atoms with Crippen molar-refractivity contribution in [3.63, 3.8) is 0 Å². The third-order valence-electron chi connectivity index (χ3n) is 4.21. The number of carbonyl (C=O) groups excluding carboxylic acids is 2. The van der Waals surface area contributed by atoms with Gasteiger partial charge in [0.1, 0.15) is 5.92 Å². The molecule has 0 spiro atoms. The zero-order chi connectivity index (χ0) is 18.9. The number of hydrogen-bond donors (Lipinski definition) is 3. The molecule has 136 valence electrons. The fraction of sp³-hybridized carbons (Fsp3) is 0.235. The van der Waals surface area contributed by atoms with Crippen LogP contribution in [-0.4, -0.2) is 33.8 Å². The number of amides is 2. The molecule has 0 aliphatic carbocycles. The third kappa shape index (κ3) is 3.01. The van der Waals surface area contributed by atoms with Crippen molar-refractivity contribution in [3.8, 4) is 0 Å². The zero-order valence-electron chi connectivity index (χ0n) is 13.2. The van der Waals surface area contributed by atoms with Gasteiger partial charge in [0.25, 0.3) is 0 Å². The number of alkyl halides is 3. The zero-order valence-corrected chi connectivity index (χ0v) is 13.2. The van der Waals surface area contributed by atoms with Gasteiger partial charge in [-0.3, -0.25) is 9.78 Å². The van der Waals surface area contributed by atoms with Crippen molar-refractivity contribution in [1.29, 1.82) is 0 Å². The first-order chi connectivity index (χ1) is 12.2. The average Bonchev–Trinajstić information content (AvgIpc) is 2.61. The fourth-order valence-electron chi connectivity index (χ4n) is 2.97. The number of aromatic nitrogens is 1. The Bertz CT molecular complexity index is 814. The summed E-state index contributed by atoms with van der Waals surface area (Å²) in [5, 5.41) is 14.1. The number of benzene rings is 1. The number of Topliss-reactive ketones (excluding diaryl/α,β-unsaturated/α-hetero) is 1. The van der Waals surface area contributed by atoms with Crippen molar-refractivity contribution in [3.05, 3.63) is 66.0 Å². The largest absolute Gasteiger partial charge is 0.437 e. The Morgan fingerprint density at radius 1 is 1.12 bits per heavy atom. The summed E-state index contributed by atoms with van der Waals surface area (Å²) in [7, 11) is 0. The molecule has 2 aromatic rings. The van der Waals surface area contributed by atoms with Crippen LogP contribution >= 0.6 is 0 Å². The highest BCUT2D eigenvalue weighted by atomic mass is 19.4. The molecule has 2 heterocycles. The van der Waals surface area contributed by atoms with Gasteiger partial charge < -0.3 is 15.7 Å². The highest BCUT2D eigenvalue weighted by molar-refractivity contribution is 6.00. The number of rotatable bonds is 3. The molecule has 0 saturated carbocycles. The number of nitrogens with zero attached hydrogens (tertiary/aromatic N) is 1. The van der Waals surface area contributed by atoms with Crippen LogP contribution in [-0.2, 0) is 0 Å². The summed E-state index contributed by atoms with van der Waals surface area (Å²) in [6.07, 6.45) is -2.63. The minimum atomic E-state index is -5.27. The van der Waals surface area contributed by atoms with E-state index in [4.69, 9.17) is 0 Å². The molecule has 3 N–H and O–H groups in total. The van der Waals surface area contributed by atoms with Gasteiger partial charge >= 0.3 is 12.2 Å². The SMILES string of the molecule is O=C1N[C@H](c2ccncc2)[C@@H](C(=O)c2ccccc2)[C@@](O)(C(F)(F)F)N1. The molecule has 1 aromatic heterocycles. The van der Waals surface area contributed by atoms with E-state index in [1.54, 1.807) is 6.07 Å². The fourth-order valence-corrected chi connectivity index (χ4v) is 2.97. The van der Waals surface area contributed by atoms with Gasteiger partial charge in [-0.15, -0.1) is 0 Å². The van der Waals surface area contributed by atoms with E-state index in [0.29, 0.717) is 0 Å². The van der Waals surface area contributed by atoms with Crippen LogP contribution in [0, 0.1) is 5.92 Å². The summed E-state index contributed by atoms with van der Waals surface area (Å²) in [5.41, 5.74) is -3.53. The normalized spacial score (nSPS) is 25.9. The van der Waals surface area contributed by atoms with Gasteiger partial charge in [-0.1, -0.05) is 30.3 Å². The van der Waals surface area contributed by atoms with Gasteiger partial charge in [0, 0.05) is 18.0 Å². The molecule has 2 amide bonds. The summed E-state index contributed by atoms with van der Waals surface area (Å²) >= 11 is 0. The number of ketones is 1. The summed E-state index contributed by atoms with van der Waals surface area (Å²) in [6.45, 7) is 0. The van der Waals surface area contributed by atoms with Crippen LogP contribution in [0.4, 0.5) is 18.0 Å². The Morgan fingerprint density at radius 2 is 1.73 bits per heavy atom. The quantitative estimate of drug-likeness (QED) is 0.727. The maximum Gasteiger partial charge on any atom is 0.437 e. The number of pyridine rings is 1. The van der Waals surface area contributed by atoms with E-state index in [1.807, 2.05) is 0 Å². The van der Waals surface area contributed by atoms with Crippen LogP contribution in [0.25, 0.3) is 0 Å². The molecule has 9 heteroatoms. The first kappa shape index (κ1) is 17.9. The van der Waals surface area contributed by atoms with E-state index in [0.717, 1.165) is 0 Å². The summed E-state index contributed by atoms with van der Waals surface area (Å²) < 4.78 is 41.0. The average molecular weight is 365 g/mol. The van der Waals surface area contributed by atoms with Crippen LogP contribution in [0.15, 0.2) is 54.9 Å². The topological polar surface area (TPSA) is 91.3 Å². The van der Waals surface area contributed by atoms with Crippen LogP contribution in [0.2, 0.25) is 0 Å². The monoisotopic (exact) mass is 365 g/mol. The molecule has 0 unspecified atom stereocenters. The van der Waals surface area contributed by atoms with E-state index >= 15 is 0 Å². The molecular weight excluding hydrogens is 351 g/mol. The molecule has 1 saturated heterocycles. The van der Waals surface area contributed by atoms with E-state index in [2.05, 4.69) is 10.3 Å². The highest BCUT2D eigenvalue weighted by Gasteiger charge is 2.66. The van der Waals surface area contributed by atoms with Gasteiger partial charge in [0.05, 0.1) is 6.04 Å². The molecule has 1 aliphatic rings. The van der Waals surface area contributed by atoms with Crippen molar-refractivity contribution in [2.45, 2.75) is 17.9 Å². The molecule has 3 atom stereocenters. The molecule has 1 aromatic carbocycles. The molecule has 1 aliphatic heterocycles. The molecule has 0 bridgehead atoms. The number of carbonyl (C=O) groups is 2. The molecule has 0 radical (unpaired) electrons. The van der Waals surface area contributed by atoms with Crippen LogP contribution in [0.1, 0.15) is 22.0 Å². The molecule has 6 nitrogen and oxygen atoms in total. The van der Waals surface area contributed by atoms with E-state index < -0.39 is 35.7 Å². The molecule has 1 fully saturated rings. The third-order valence-corrected chi connectivity index (χ3v) is 4.21. The lowest BCUT2D eigenvalue weighted by Gasteiger charge is -2.45. The Balaban J connectivity index is 2.15. The number of hydrogen-bond acceptors (Lipinski definition) is 4. The van der Waals surface area contributed by atoms with Gasteiger partial charge in [-0.2, -0.15) is 13.2 Å².